The number of phenolic OH excluding ortho intramolecular Hbond substituents is 1. The largest absolute Gasteiger partial charge is 0.507 e. The Morgan fingerprint density at radius 3 is 2.51 bits per heavy atom. The van der Waals surface area contributed by atoms with Gasteiger partial charge in [-0.25, -0.2) is 0 Å². The maximum absolute atomic E-state index is 10.2. The van der Waals surface area contributed by atoms with Crippen molar-refractivity contribution < 1.29 is 5.11 Å². The van der Waals surface area contributed by atoms with Crippen LogP contribution >= 0.6 is 0 Å². The van der Waals surface area contributed by atoms with Crippen molar-refractivity contribution in [2.75, 3.05) is 35.2 Å². The van der Waals surface area contributed by atoms with Crippen LogP contribution in [0.15, 0.2) is 61.3 Å². The van der Waals surface area contributed by atoms with Gasteiger partial charge in [-0.3, -0.25) is 4.98 Å². The van der Waals surface area contributed by atoms with E-state index in [4.69, 9.17) is 11.5 Å². The third-order valence-corrected chi connectivity index (χ3v) is 6.54. The normalized spacial score (nSPS) is 18.7. The summed E-state index contributed by atoms with van der Waals surface area (Å²) >= 11 is 0. The van der Waals surface area contributed by atoms with Gasteiger partial charge in [0.1, 0.15) is 5.75 Å². The van der Waals surface area contributed by atoms with Crippen LogP contribution in [0.4, 0.5) is 17.2 Å². The topological polar surface area (TPSA) is 117 Å². The van der Waals surface area contributed by atoms with Gasteiger partial charge in [0.25, 0.3) is 0 Å². The van der Waals surface area contributed by atoms with Gasteiger partial charge in [-0.15, -0.1) is 16.8 Å². The second kappa shape index (κ2) is 11.2. The zero-order valence-corrected chi connectivity index (χ0v) is 20.3. The van der Waals surface area contributed by atoms with E-state index in [1.807, 2.05) is 31.3 Å². The summed E-state index contributed by atoms with van der Waals surface area (Å²) in [7, 11) is 0. The number of para-hydroxylation sites is 1. The van der Waals surface area contributed by atoms with E-state index in [0.29, 0.717) is 35.7 Å². The number of anilines is 3. The minimum atomic E-state index is 0.186. The van der Waals surface area contributed by atoms with E-state index >= 15 is 0 Å². The molecule has 0 aliphatic carbocycles. The Morgan fingerprint density at radius 2 is 1.83 bits per heavy atom. The summed E-state index contributed by atoms with van der Waals surface area (Å²) in [4.78, 5) is 9.39. The van der Waals surface area contributed by atoms with Crippen molar-refractivity contribution in [3.63, 3.8) is 0 Å². The smallest absolute Gasteiger partial charge is 0.169 e. The van der Waals surface area contributed by atoms with E-state index in [2.05, 4.69) is 43.7 Å². The van der Waals surface area contributed by atoms with Crippen molar-refractivity contribution in [3.05, 3.63) is 67.0 Å². The molecular formula is C27H35N7O. The third-order valence-electron chi connectivity index (χ3n) is 6.54. The number of phenols is 1. The molecule has 2 aliphatic rings. The fraction of sp³-hybridized carbons (Fsp3) is 0.370. The number of fused-ring (bicyclic) bond motifs is 2. The Labute approximate surface area is 207 Å². The number of nitrogens with two attached hydrogens (primary N) is 2. The van der Waals surface area contributed by atoms with Crippen molar-refractivity contribution in [1.82, 2.24) is 15.2 Å². The molecule has 184 valence electrons. The Bertz CT molecular complexity index is 1140. The lowest BCUT2D eigenvalue weighted by Gasteiger charge is -2.43. The first-order valence-electron chi connectivity index (χ1n) is 12.2. The van der Waals surface area contributed by atoms with E-state index in [1.54, 1.807) is 18.2 Å². The molecule has 2 aromatic heterocycles. The summed E-state index contributed by atoms with van der Waals surface area (Å²) in [6, 6.07) is 14.3. The van der Waals surface area contributed by atoms with Gasteiger partial charge in [0, 0.05) is 48.3 Å². The maximum atomic E-state index is 10.2. The van der Waals surface area contributed by atoms with E-state index in [1.165, 1.54) is 5.69 Å². The molecule has 8 nitrogen and oxygen atoms in total. The average molecular weight is 474 g/mol. The fourth-order valence-corrected chi connectivity index (χ4v) is 5.03. The van der Waals surface area contributed by atoms with Gasteiger partial charge >= 0.3 is 0 Å². The highest BCUT2D eigenvalue weighted by molar-refractivity contribution is 5.74. The molecule has 8 heteroatoms. The first-order valence-corrected chi connectivity index (χ1v) is 12.2. The lowest BCUT2D eigenvalue weighted by Crippen LogP contribution is -2.54. The highest BCUT2D eigenvalue weighted by Gasteiger charge is 2.40. The summed E-state index contributed by atoms with van der Waals surface area (Å²) in [5, 5.41) is 18.7. The zero-order valence-electron chi connectivity index (χ0n) is 20.3. The summed E-state index contributed by atoms with van der Waals surface area (Å²) < 4.78 is 0. The molecular weight excluding hydrogens is 438 g/mol. The SMILES string of the molecule is C=CC.NCCCc1cc(N2C3CCC2CN(c2cc(-c4ccccc4O)nnc2N)C3)ccn1. The lowest BCUT2D eigenvalue weighted by molar-refractivity contribution is 0.477. The fourth-order valence-electron chi connectivity index (χ4n) is 5.03. The number of nitrogens with zero attached hydrogens (tertiary/aromatic N) is 5. The van der Waals surface area contributed by atoms with Crippen LogP contribution in [0.25, 0.3) is 11.3 Å². The summed E-state index contributed by atoms with van der Waals surface area (Å²) in [6.07, 6.45) is 7.81. The van der Waals surface area contributed by atoms with Crippen molar-refractivity contribution in [2.45, 2.75) is 44.7 Å². The highest BCUT2D eigenvalue weighted by atomic mass is 16.3. The number of rotatable bonds is 6. The average Bonchev–Trinajstić information content (AvgIpc) is 3.13. The number of aromatic hydroxyl groups is 1. The van der Waals surface area contributed by atoms with Crippen molar-refractivity contribution in [1.29, 1.82) is 0 Å². The second-order valence-electron chi connectivity index (χ2n) is 9.02. The predicted molar refractivity (Wildman–Crippen MR) is 143 cm³/mol. The third kappa shape index (κ3) is 5.38. The number of aryl methyl sites for hydroxylation is 1. The number of aromatic nitrogens is 3. The van der Waals surface area contributed by atoms with E-state index in [-0.39, 0.29) is 5.75 Å². The number of piperazine rings is 1. The van der Waals surface area contributed by atoms with Crippen LogP contribution in [0.2, 0.25) is 0 Å². The molecule has 0 amide bonds. The first kappa shape index (κ1) is 24.5. The zero-order chi connectivity index (χ0) is 24.8. The molecule has 0 saturated carbocycles. The highest BCUT2D eigenvalue weighted by Crippen LogP contribution is 2.39. The van der Waals surface area contributed by atoms with Crippen LogP contribution in [0.5, 0.6) is 5.75 Å². The Kier molecular flexibility index (Phi) is 7.82. The predicted octanol–water partition coefficient (Wildman–Crippen LogP) is 3.77. The van der Waals surface area contributed by atoms with Crippen molar-refractivity contribution in [2.24, 2.45) is 5.73 Å². The molecule has 0 radical (unpaired) electrons. The second-order valence-corrected chi connectivity index (χ2v) is 9.02. The summed E-state index contributed by atoms with van der Waals surface area (Å²) in [6.45, 7) is 7.67. The summed E-state index contributed by atoms with van der Waals surface area (Å²) in [5.74, 6) is 0.607. The van der Waals surface area contributed by atoms with Crippen LogP contribution in [-0.4, -0.2) is 52.0 Å². The lowest BCUT2D eigenvalue weighted by atomic mass is 10.1. The molecule has 4 heterocycles. The molecule has 2 aliphatic heterocycles. The van der Waals surface area contributed by atoms with Gasteiger partial charge in [-0.2, -0.15) is 0 Å². The Balaban J connectivity index is 0.000000917. The molecule has 2 fully saturated rings. The van der Waals surface area contributed by atoms with E-state index < -0.39 is 0 Å². The number of benzene rings is 1. The molecule has 2 saturated heterocycles. The molecule has 2 atom stereocenters. The number of hydrogen-bond acceptors (Lipinski definition) is 8. The van der Waals surface area contributed by atoms with Gasteiger partial charge in [-0.05, 0) is 69.5 Å². The van der Waals surface area contributed by atoms with E-state index in [9.17, 15) is 5.11 Å². The molecule has 1 aromatic carbocycles. The maximum Gasteiger partial charge on any atom is 0.169 e. The molecule has 0 spiro atoms. The van der Waals surface area contributed by atoms with Crippen LogP contribution in [0.3, 0.4) is 0 Å². The first-order chi connectivity index (χ1) is 17.0. The Hall–Kier alpha value is -3.65. The van der Waals surface area contributed by atoms with Crippen LogP contribution in [0.1, 0.15) is 31.9 Å². The van der Waals surface area contributed by atoms with Crippen LogP contribution in [0, 0.1) is 0 Å². The van der Waals surface area contributed by atoms with Crippen LogP contribution in [-0.2, 0) is 6.42 Å². The number of hydrogen-bond donors (Lipinski definition) is 3. The standard InChI is InChI=1S/C24H29N7O.C3H6/c25-10-3-4-16-12-17(9-11-27-16)31-18-7-8-19(31)15-30(14-18)22-13-21(28-29-24(22)26)20-5-1-2-6-23(20)32;1-3-2/h1-2,5-6,9,11-13,18-19,32H,3-4,7-8,10,14-15,25H2,(H2,26,29);3H,1H2,2H3. The number of nitrogen functional groups attached to an aromatic ring is 1. The minimum Gasteiger partial charge on any atom is -0.507 e. The summed E-state index contributed by atoms with van der Waals surface area (Å²) in [5.41, 5.74) is 16.4. The van der Waals surface area contributed by atoms with E-state index in [0.717, 1.165) is 50.2 Å². The van der Waals surface area contributed by atoms with Crippen molar-refractivity contribution in [3.8, 4) is 17.0 Å². The molecule has 2 bridgehead atoms. The number of pyridine rings is 1. The quantitative estimate of drug-likeness (QED) is 0.463. The minimum absolute atomic E-state index is 0.186. The number of allylic oxidation sites excluding steroid dienone is 1. The molecule has 5 rings (SSSR count). The van der Waals surface area contributed by atoms with Gasteiger partial charge in [0.2, 0.25) is 0 Å². The Morgan fingerprint density at radius 1 is 1.11 bits per heavy atom. The van der Waals surface area contributed by atoms with Gasteiger partial charge in [0.15, 0.2) is 5.82 Å². The van der Waals surface area contributed by atoms with Gasteiger partial charge in [-0.1, -0.05) is 18.2 Å². The molecule has 3 aromatic rings. The monoisotopic (exact) mass is 473 g/mol. The molecule has 5 N–H and O–H groups in total. The van der Waals surface area contributed by atoms with Gasteiger partial charge in [0.05, 0.1) is 11.4 Å². The molecule has 35 heavy (non-hydrogen) atoms. The van der Waals surface area contributed by atoms with Gasteiger partial charge < -0.3 is 26.4 Å². The van der Waals surface area contributed by atoms with Crippen molar-refractivity contribution >= 4 is 17.2 Å². The molecule has 2 unspecified atom stereocenters. The van der Waals surface area contributed by atoms with Crippen LogP contribution < -0.4 is 21.3 Å².